The van der Waals surface area contributed by atoms with Crippen molar-refractivity contribution in [2.75, 3.05) is 13.1 Å². The molecule has 6 nitrogen and oxygen atoms in total. The number of hydrogen-bond acceptors (Lipinski definition) is 4. The summed E-state index contributed by atoms with van der Waals surface area (Å²) in [5.74, 6) is 0. The first-order valence-corrected chi connectivity index (χ1v) is 10.1. The van der Waals surface area contributed by atoms with Crippen molar-refractivity contribution in [3.05, 3.63) is 59.1 Å². The van der Waals surface area contributed by atoms with Gasteiger partial charge in [-0.15, -0.1) is 0 Å². The van der Waals surface area contributed by atoms with Crippen molar-refractivity contribution >= 4 is 20.9 Å². The molecule has 0 spiro atoms. The number of aromatic nitrogens is 2. The van der Waals surface area contributed by atoms with Gasteiger partial charge in [0.05, 0.1) is 22.1 Å². The molecule has 134 valence electrons. The number of piperidine rings is 1. The van der Waals surface area contributed by atoms with Gasteiger partial charge >= 0.3 is 0 Å². The zero-order chi connectivity index (χ0) is 18.1. The largest absolute Gasteiger partial charge is 0.313 e. The van der Waals surface area contributed by atoms with Gasteiger partial charge in [-0.1, -0.05) is 24.6 Å². The fourth-order valence-electron chi connectivity index (χ4n) is 3.32. The SMILES string of the molecule is O=c1[nH]cnc2ccc(-c3ccc(S(=O)(=O)N4CCCCC4)cc3)cc12. The third-order valence-corrected chi connectivity index (χ3v) is 6.69. The lowest BCUT2D eigenvalue weighted by Gasteiger charge is -2.25. The lowest BCUT2D eigenvalue weighted by atomic mass is 10.0. The summed E-state index contributed by atoms with van der Waals surface area (Å²) in [6.07, 6.45) is 4.29. The van der Waals surface area contributed by atoms with Crippen LogP contribution >= 0.6 is 0 Å². The zero-order valence-corrected chi connectivity index (χ0v) is 15.0. The molecular weight excluding hydrogens is 350 g/mol. The van der Waals surface area contributed by atoms with Crippen molar-refractivity contribution in [3.8, 4) is 11.1 Å². The molecule has 0 unspecified atom stereocenters. The maximum absolute atomic E-state index is 12.7. The monoisotopic (exact) mass is 369 g/mol. The molecule has 1 saturated heterocycles. The van der Waals surface area contributed by atoms with Crippen LogP contribution in [0.2, 0.25) is 0 Å². The second-order valence-corrected chi connectivity index (χ2v) is 8.39. The van der Waals surface area contributed by atoms with Crippen LogP contribution in [0.4, 0.5) is 0 Å². The van der Waals surface area contributed by atoms with Gasteiger partial charge in [0.15, 0.2) is 0 Å². The van der Waals surface area contributed by atoms with Crippen molar-refractivity contribution in [2.24, 2.45) is 0 Å². The Morgan fingerprint density at radius 2 is 1.62 bits per heavy atom. The molecule has 0 aliphatic carbocycles. The quantitative estimate of drug-likeness (QED) is 0.769. The second-order valence-electron chi connectivity index (χ2n) is 6.45. The predicted octanol–water partition coefficient (Wildman–Crippen LogP) is 2.76. The number of sulfonamides is 1. The Morgan fingerprint density at radius 1 is 0.923 bits per heavy atom. The average Bonchev–Trinajstić information content (AvgIpc) is 2.69. The maximum Gasteiger partial charge on any atom is 0.258 e. The number of nitrogens with one attached hydrogen (secondary N) is 1. The summed E-state index contributed by atoms with van der Waals surface area (Å²) in [4.78, 5) is 19.0. The average molecular weight is 369 g/mol. The van der Waals surface area contributed by atoms with Gasteiger partial charge in [-0.05, 0) is 48.2 Å². The summed E-state index contributed by atoms with van der Waals surface area (Å²) in [6, 6.07) is 12.3. The summed E-state index contributed by atoms with van der Waals surface area (Å²) in [6.45, 7) is 1.18. The van der Waals surface area contributed by atoms with Crippen LogP contribution in [-0.4, -0.2) is 35.8 Å². The molecule has 7 heteroatoms. The number of aromatic amines is 1. The fourth-order valence-corrected chi connectivity index (χ4v) is 4.84. The second kappa shape index (κ2) is 6.66. The molecule has 0 bridgehead atoms. The Labute approximate surface area is 151 Å². The van der Waals surface area contributed by atoms with Crippen LogP contribution < -0.4 is 5.56 Å². The molecule has 2 heterocycles. The minimum atomic E-state index is -3.43. The Balaban J connectivity index is 1.68. The maximum atomic E-state index is 12.7. The van der Waals surface area contributed by atoms with E-state index in [4.69, 9.17) is 0 Å². The van der Waals surface area contributed by atoms with E-state index in [-0.39, 0.29) is 5.56 Å². The number of nitrogens with zero attached hydrogens (tertiary/aromatic N) is 2. The molecule has 2 aromatic carbocycles. The first-order valence-electron chi connectivity index (χ1n) is 8.64. The fraction of sp³-hybridized carbons (Fsp3) is 0.263. The molecule has 1 aliphatic heterocycles. The highest BCUT2D eigenvalue weighted by Gasteiger charge is 2.25. The predicted molar refractivity (Wildman–Crippen MR) is 100 cm³/mol. The minimum absolute atomic E-state index is 0.193. The van der Waals surface area contributed by atoms with Crippen molar-refractivity contribution in [3.63, 3.8) is 0 Å². The van der Waals surface area contributed by atoms with Gasteiger partial charge in [0.25, 0.3) is 5.56 Å². The molecule has 0 radical (unpaired) electrons. The van der Waals surface area contributed by atoms with Crippen LogP contribution in [0.5, 0.6) is 0 Å². The van der Waals surface area contributed by atoms with E-state index >= 15 is 0 Å². The molecule has 0 amide bonds. The lowest BCUT2D eigenvalue weighted by molar-refractivity contribution is 0.346. The molecule has 0 saturated carbocycles. The van der Waals surface area contributed by atoms with E-state index in [9.17, 15) is 13.2 Å². The Kier molecular flexibility index (Phi) is 4.34. The normalized spacial score (nSPS) is 16.0. The minimum Gasteiger partial charge on any atom is -0.313 e. The number of benzene rings is 2. The van der Waals surface area contributed by atoms with Crippen LogP contribution in [0, 0.1) is 0 Å². The third kappa shape index (κ3) is 3.04. The van der Waals surface area contributed by atoms with Crippen LogP contribution in [0.25, 0.3) is 22.0 Å². The van der Waals surface area contributed by atoms with Crippen molar-refractivity contribution in [1.29, 1.82) is 0 Å². The van der Waals surface area contributed by atoms with Gasteiger partial charge in [-0.3, -0.25) is 4.79 Å². The molecule has 1 fully saturated rings. The van der Waals surface area contributed by atoms with E-state index in [0.29, 0.717) is 28.9 Å². The molecule has 0 atom stereocenters. The van der Waals surface area contributed by atoms with E-state index in [1.807, 2.05) is 6.07 Å². The Bertz CT molecular complexity index is 1100. The smallest absolute Gasteiger partial charge is 0.258 e. The molecule has 1 aliphatic rings. The highest BCUT2D eigenvalue weighted by atomic mass is 32.2. The molecule has 1 N–H and O–H groups in total. The van der Waals surface area contributed by atoms with Gasteiger partial charge < -0.3 is 4.98 Å². The Hall–Kier alpha value is -2.51. The first-order chi connectivity index (χ1) is 12.6. The summed E-state index contributed by atoms with van der Waals surface area (Å²) in [7, 11) is -3.43. The number of hydrogen-bond donors (Lipinski definition) is 1. The van der Waals surface area contributed by atoms with Gasteiger partial charge in [-0.25, -0.2) is 13.4 Å². The van der Waals surface area contributed by atoms with Gasteiger partial charge in [0.2, 0.25) is 10.0 Å². The zero-order valence-electron chi connectivity index (χ0n) is 14.2. The van der Waals surface area contributed by atoms with Crippen LogP contribution in [-0.2, 0) is 10.0 Å². The summed E-state index contributed by atoms with van der Waals surface area (Å²) in [5.41, 5.74) is 2.13. The van der Waals surface area contributed by atoms with Crippen molar-refractivity contribution in [1.82, 2.24) is 14.3 Å². The summed E-state index contributed by atoms with van der Waals surface area (Å²) >= 11 is 0. The highest BCUT2D eigenvalue weighted by Crippen LogP contribution is 2.26. The Morgan fingerprint density at radius 3 is 2.35 bits per heavy atom. The van der Waals surface area contributed by atoms with E-state index in [2.05, 4.69) is 9.97 Å². The third-order valence-electron chi connectivity index (χ3n) is 4.78. The summed E-state index contributed by atoms with van der Waals surface area (Å²) < 4.78 is 27.0. The topological polar surface area (TPSA) is 83.1 Å². The number of fused-ring (bicyclic) bond motifs is 1. The molecule has 4 rings (SSSR count). The molecule has 1 aromatic heterocycles. The van der Waals surface area contributed by atoms with Gasteiger partial charge in [0.1, 0.15) is 0 Å². The molecule has 3 aromatic rings. The molecular formula is C19H19N3O3S. The van der Waals surface area contributed by atoms with Crippen molar-refractivity contribution < 1.29 is 8.42 Å². The number of rotatable bonds is 3. The van der Waals surface area contributed by atoms with Crippen LogP contribution in [0.3, 0.4) is 0 Å². The molecule has 26 heavy (non-hydrogen) atoms. The van der Waals surface area contributed by atoms with Gasteiger partial charge in [-0.2, -0.15) is 4.31 Å². The van der Waals surface area contributed by atoms with Crippen molar-refractivity contribution in [2.45, 2.75) is 24.2 Å². The number of H-pyrrole nitrogens is 1. The van der Waals surface area contributed by atoms with Crippen LogP contribution in [0.15, 0.2) is 58.5 Å². The van der Waals surface area contributed by atoms with Crippen LogP contribution in [0.1, 0.15) is 19.3 Å². The van der Waals surface area contributed by atoms with Gasteiger partial charge in [0, 0.05) is 13.1 Å². The van der Waals surface area contributed by atoms with E-state index in [1.54, 1.807) is 40.7 Å². The summed E-state index contributed by atoms with van der Waals surface area (Å²) in [5, 5.41) is 0.509. The first kappa shape index (κ1) is 16.9. The highest BCUT2D eigenvalue weighted by molar-refractivity contribution is 7.89. The standard InChI is InChI=1S/C19H19N3O3S/c23-19-17-12-15(6-9-18(17)20-13-21-19)14-4-7-16(8-5-14)26(24,25)22-10-2-1-3-11-22/h4-9,12-13H,1-3,10-11H2,(H,20,21,23). The van der Waals surface area contributed by atoms with E-state index < -0.39 is 10.0 Å². The van der Waals surface area contributed by atoms with E-state index in [0.717, 1.165) is 30.4 Å². The lowest BCUT2D eigenvalue weighted by Crippen LogP contribution is -2.35. The van der Waals surface area contributed by atoms with E-state index in [1.165, 1.54) is 6.33 Å².